The van der Waals surface area contributed by atoms with Gasteiger partial charge in [-0.1, -0.05) is 24.3 Å². The zero-order valence-corrected chi connectivity index (χ0v) is 13.0. The molecule has 0 heterocycles. The number of hydrogen-bond donors (Lipinski definition) is 1. The van der Waals surface area contributed by atoms with Gasteiger partial charge in [-0.2, -0.15) is 0 Å². The van der Waals surface area contributed by atoms with Gasteiger partial charge in [-0.15, -0.1) is 0 Å². The molecule has 6 heteroatoms. The summed E-state index contributed by atoms with van der Waals surface area (Å²) in [7, 11) is 0. The smallest absolute Gasteiger partial charge is 0.276 e. The largest absolute Gasteiger partial charge is 0.322 e. The van der Waals surface area contributed by atoms with Gasteiger partial charge in [0.25, 0.3) is 5.69 Å². The highest BCUT2D eigenvalue weighted by Crippen LogP contribution is 2.20. The lowest BCUT2D eigenvalue weighted by atomic mass is 10.1. The summed E-state index contributed by atoms with van der Waals surface area (Å²) in [6.45, 7) is 0. The normalized spacial score (nSPS) is 10.5. The van der Waals surface area contributed by atoms with Gasteiger partial charge in [0.05, 0.1) is 16.2 Å². The first-order valence-electron chi connectivity index (χ1n) is 6.05. The van der Waals surface area contributed by atoms with E-state index in [0.717, 1.165) is 3.57 Å². The number of nitro groups is 1. The molecule has 2 aromatic rings. The third-order valence-electron chi connectivity index (χ3n) is 2.68. The molecule has 106 valence electrons. The van der Waals surface area contributed by atoms with Crippen LogP contribution >= 0.6 is 22.6 Å². The second kappa shape index (κ2) is 6.98. The lowest BCUT2D eigenvalue weighted by Crippen LogP contribution is -2.08. The van der Waals surface area contributed by atoms with Gasteiger partial charge in [0.15, 0.2) is 0 Å². The fraction of sp³-hybridized carbons (Fsp3) is 0. The number of nitro benzene ring substituents is 1. The molecule has 0 fully saturated rings. The van der Waals surface area contributed by atoms with Crippen LogP contribution in [-0.4, -0.2) is 10.8 Å². The minimum atomic E-state index is -0.474. The Kier molecular flexibility index (Phi) is 5.04. The predicted molar refractivity (Wildman–Crippen MR) is 89.9 cm³/mol. The van der Waals surface area contributed by atoms with Crippen LogP contribution in [0.25, 0.3) is 6.08 Å². The maximum absolute atomic E-state index is 11.8. The van der Waals surface area contributed by atoms with Crippen LogP contribution in [-0.2, 0) is 4.79 Å². The van der Waals surface area contributed by atoms with E-state index in [1.807, 2.05) is 18.2 Å². The number of carbonyl (C=O) groups excluding carboxylic acids is 1. The van der Waals surface area contributed by atoms with Crippen LogP contribution in [0.3, 0.4) is 0 Å². The highest BCUT2D eigenvalue weighted by molar-refractivity contribution is 14.1. The molecule has 5 nitrogen and oxygen atoms in total. The molecule has 0 saturated heterocycles. The maximum atomic E-state index is 11.8. The summed E-state index contributed by atoms with van der Waals surface area (Å²) in [5.74, 6) is -0.336. The second-order valence-electron chi connectivity index (χ2n) is 4.12. The summed E-state index contributed by atoms with van der Waals surface area (Å²) in [6.07, 6.45) is 2.72. The molecule has 0 aromatic heterocycles. The average molecular weight is 394 g/mol. The molecule has 0 radical (unpaired) electrons. The molecule has 0 bridgehead atoms. The zero-order valence-electron chi connectivity index (χ0n) is 10.8. The Morgan fingerprint density at radius 2 is 1.81 bits per heavy atom. The first-order chi connectivity index (χ1) is 10.1. The zero-order chi connectivity index (χ0) is 15.2. The van der Waals surface area contributed by atoms with Crippen molar-refractivity contribution in [2.75, 3.05) is 5.32 Å². The Labute approximate surface area is 135 Å². The van der Waals surface area contributed by atoms with Gasteiger partial charge >= 0.3 is 0 Å². The molecule has 21 heavy (non-hydrogen) atoms. The van der Waals surface area contributed by atoms with Gasteiger partial charge in [0.2, 0.25) is 5.91 Å². The molecule has 2 aromatic carbocycles. The first kappa shape index (κ1) is 15.2. The predicted octanol–water partition coefficient (Wildman–Crippen LogP) is 3.85. The summed E-state index contributed by atoms with van der Waals surface area (Å²) < 4.78 is 0.919. The number of carbonyl (C=O) groups is 1. The van der Waals surface area contributed by atoms with E-state index >= 15 is 0 Å². The summed E-state index contributed by atoms with van der Waals surface area (Å²) in [6, 6.07) is 13.6. The fourth-order valence-corrected chi connectivity index (χ4v) is 2.22. The molecular weight excluding hydrogens is 383 g/mol. The molecule has 1 amide bonds. The van der Waals surface area contributed by atoms with Crippen LogP contribution in [0.2, 0.25) is 0 Å². The maximum Gasteiger partial charge on any atom is 0.276 e. The summed E-state index contributed by atoms with van der Waals surface area (Å²) in [5, 5.41) is 13.6. The van der Waals surface area contributed by atoms with Crippen LogP contribution in [0, 0.1) is 13.7 Å². The molecule has 2 rings (SSSR count). The molecule has 0 atom stereocenters. The number of rotatable bonds is 4. The van der Waals surface area contributed by atoms with Crippen molar-refractivity contribution >= 4 is 45.9 Å². The van der Waals surface area contributed by atoms with Crippen molar-refractivity contribution < 1.29 is 9.72 Å². The van der Waals surface area contributed by atoms with Gasteiger partial charge in [-0.25, -0.2) is 0 Å². The first-order valence-corrected chi connectivity index (χ1v) is 7.13. The standard InChI is InChI=1S/C15H11IN2O3/c16-12-6-2-3-7-13(12)17-15(19)10-9-11-5-1-4-8-14(11)18(20)21/h1-10H,(H,17,19)/b10-9+. The molecule has 0 spiro atoms. The number of halogens is 1. The Bertz CT molecular complexity index is 714. The quantitative estimate of drug-likeness (QED) is 0.371. The van der Waals surface area contributed by atoms with Crippen molar-refractivity contribution in [3.63, 3.8) is 0 Å². The van der Waals surface area contributed by atoms with Crippen LogP contribution in [0.1, 0.15) is 5.56 Å². The van der Waals surface area contributed by atoms with Crippen LogP contribution in [0.5, 0.6) is 0 Å². The van der Waals surface area contributed by atoms with Crippen LogP contribution in [0.4, 0.5) is 11.4 Å². The molecule has 0 unspecified atom stereocenters. The van der Waals surface area contributed by atoms with E-state index in [-0.39, 0.29) is 11.6 Å². The highest BCUT2D eigenvalue weighted by atomic mass is 127. The van der Waals surface area contributed by atoms with E-state index in [9.17, 15) is 14.9 Å². The van der Waals surface area contributed by atoms with Crippen molar-refractivity contribution in [2.24, 2.45) is 0 Å². The summed E-state index contributed by atoms with van der Waals surface area (Å²) in [5.41, 5.74) is 1.06. The number of nitrogens with zero attached hydrogens (tertiary/aromatic N) is 1. The molecule has 1 N–H and O–H groups in total. The fourth-order valence-electron chi connectivity index (χ4n) is 1.70. The number of hydrogen-bond acceptors (Lipinski definition) is 3. The van der Waals surface area contributed by atoms with E-state index < -0.39 is 4.92 Å². The Morgan fingerprint density at radius 1 is 1.14 bits per heavy atom. The number of anilines is 1. The monoisotopic (exact) mass is 394 g/mol. The van der Waals surface area contributed by atoms with E-state index in [2.05, 4.69) is 27.9 Å². The van der Waals surface area contributed by atoms with Crippen molar-refractivity contribution in [2.45, 2.75) is 0 Å². The van der Waals surface area contributed by atoms with Gasteiger partial charge in [-0.05, 0) is 46.9 Å². The number of para-hydroxylation sites is 2. The molecule has 0 aliphatic carbocycles. The minimum Gasteiger partial charge on any atom is -0.322 e. The van der Waals surface area contributed by atoms with E-state index in [1.165, 1.54) is 18.2 Å². The summed E-state index contributed by atoms with van der Waals surface area (Å²) in [4.78, 5) is 22.2. The molecule has 0 saturated carbocycles. The molecule has 0 aliphatic heterocycles. The highest BCUT2D eigenvalue weighted by Gasteiger charge is 2.09. The van der Waals surface area contributed by atoms with E-state index in [0.29, 0.717) is 11.3 Å². The number of benzene rings is 2. The molecular formula is C15H11IN2O3. The lowest BCUT2D eigenvalue weighted by molar-refractivity contribution is -0.385. The Morgan fingerprint density at radius 3 is 2.52 bits per heavy atom. The Hall–Kier alpha value is -2.22. The van der Waals surface area contributed by atoms with E-state index in [4.69, 9.17) is 0 Å². The third-order valence-corrected chi connectivity index (χ3v) is 3.62. The van der Waals surface area contributed by atoms with Gasteiger partial charge in [0, 0.05) is 15.7 Å². The third kappa shape index (κ3) is 4.12. The van der Waals surface area contributed by atoms with Crippen LogP contribution in [0.15, 0.2) is 54.6 Å². The van der Waals surface area contributed by atoms with Crippen molar-refractivity contribution in [3.8, 4) is 0 Å². The van der Waals surface area contributed by atoms with Crippen LogP contribution < -0.4 is 5.32 Å². The molecule has 0 aliphatic rings. The lowest BCUT2D eigenvalue weighted by Gasteiger charge is -2.04. The Balaban J connectivity index is 2.13. The minimum absolute atomic E-state index is 0.0316. The SMILES string of the molecule is O=C(/C=C/c1ccccc1[N+](=O)[O-])Nc1ccccc1I. The average Bonchev–Trinajstić information content (AvgIpc) is 2.48. The number of nitrogens with one attached hydrogen (secondary N) is 1. The van der Waals surface area contributed by atoms with Crippen molar-refractivity contribution in [3.05, 3.63) is 73.9 Å². The van der Waals surface area contributed by atoms with Gasteiger partial charge < -0.3 is 5.32 Å². The van der Waals surface area contributed by atoms with Crippen molar-refractivity contribution in [1.82, 2.24) is 0 Å². The second-order valence-corrected chi connectivity index (χ2v) is 5.28. The van der Waals surface area contributed by atoms with Gasteiger partial charge in [-0.3, -0.25) is 14.9 Å². The summed E-state index contributed by atoms with van der Waals surface area (Å²) >= 11 is 2.12. The van der Waals surface area contributed by atoms with Crippen molar-refractivity contribution in [1.29, 1.82) is 0 Å². The van der Waals surface area contributed by atoms with Gasteiger partial charge in [0.1, 0.15) is 0 Å². The topological polar surface area (TPSA) is 72.2 Å². The number of amides is 1. The van der Waals surface area contributed by atoms with E-state index in [1.54, 1.807) is 24.3 Å².